The summed E-state index contributed by atoms with van der Waals surface area (Å²) in [6.45, 7) is 7.85. The van der Waals surface area contributed by atoms with Gasteiger partial charge in [-0.3, -0.25) is 4.90 Å². The van der Waals surface area contributed by atoms with Crippen molar-refractivity contribution in [2.75, 3.05) is 26.8 Å². The van der Waals surface area contributed by atoms with Gasteiger partial charge in [-0.25, -0.2) is 0 Å². The summed E-state index contributed by atoms with van der Waals surface area (Å²) in [5, 5.41) is 0. The van der Waals surface area contributed by atoms with Gasteiger partial charge >= 0.3 is 0 Å². The molecule has 0 aromatic rings. The molecule has 0 aliphatic carbocycles. The van der Waals surface area contributed by atoms with Crippen LogP contribution in [0, 0.1) is 5.92 Å². The number of rotatable bonds is 4. The topological polar surface area (TPSA) is 12.5 Å². The zero-order valence-corrected chi connectivity index (χ0v) is 7.84. The minimum atomic E-state index is 0.806. The van der Waals surface area contributed by atoms with Crippen molar-refractivity contribution in [3.05, 3.63) is 0 Å². The van der Waals surface area contributed by atoms with Gasteiger partial charge in [0.25, 0.3) is 0 Å². The van der Waals surface area contributed by atoms with Crippen molar-refractivity contribution < 1.29 is 4.74 Å². The average Bonchev–Trinajstić information content (AvgIpc) is 1.84. The molecular weight excluding hydrogens is 138 g/mol. The van der Waals surface area contributed by atoms with E-state index >= 15 is 0 Å². The molecule has 2 heteroatoms. The van der Waals surface area contributed by atoms with Crippen LogP contribution in [0.5, 0.6) is 0 Å². The molecule has 1 fully saturated rings. The SMILES string of the molecule is COCCN1CCC1C(C)C. The second kappa shape index (κ2) is 4.07. The summed E-state index contributed by atoms with van der Waals surface area (Å²) >= 11 is 0. The van der Waals surface area contributed by atoms with Gasteiger partial charge in [0.2, 0.25) is 0 Å². The van der Waals surface area contributed by atoms with Crippen LogP contribution in [-0.4, -0.2) is 37.7 Å². The number of nitrogens with zero attached hydrogens (tertiary/aromatic N) is 1. The highest BCUT2D eigenvalue weighted by atomic mass is 16.5. The van der Waals surface area contributed by atoms with E-state index in [-0.39, 0.29) is 0 Å². The molecule has 0 aromatic heterocycles. The van der Waals surface area contributed by atoms with Crippen LogP contribution in [0.3, 0.4) is 0 Å². The van der Waals surface area contributed by atoms with Crippen LogP contribution in [0.15, 0.2) is 0 Å². The molecule has 1 aliphatic heterocycles. The van der Waals surface area contributed by atoms with Crippen LogP contribution in [0.4, 0.5) is 0 Å². The van der Waals surface area contributed by atoms with Crippen LogP contribution < -0.4 is 0 Å². The summed E-state index contributed by atoms with van der Waals surface area (Å²) in [6, 6.07) is 0.824. The molecule has 2 nitrogen and oxygen atoms in total. The molecule has 1 unspecified atom stereocenters. The van der Waals surface area contributed by atoms with Gasteiger partial charge in [-0.05, 0) is 12.3 Å². The maximum absolute atomic E-state index is 5.03. The van der Waals surface area contributed by atoms with Crippen molar-refractivity contribution in [2.45, 2.75) is 26.3 Å². The first-order valence-electron chi connectivity index (χ1n) is 4.48. The Balaban J connectivity index is 2.15. The van der Waals surface area contributed by atoms with Gasteiger partial charge in [-0.1, -0.05) is 13.8 Å². The predicted octanol–water partition coefficient (Wildman–Crippen LogP) is 1.36. The Morgan fingerprint density at radius 1 is 1.55 bits per heavy atom. The highest BCUT2D eigenvalue weighted by Gasteiger charge is 2.29. The molecule has 1 aliphatic rings. The van der Waals surface area contributed by atoms with Crippen molar-refractivity contribution in [3.63, 3.8) is 0 Å². The van der Waals surface area contributed by atoms with Crippen molar-refractivity contribution in [3.8, 4) is 0 Å². The molecule has 0 saturated carbocycles. The molecule has 1 heterocycles. The smallest absolute Gasteiger partial charge is 0.0589 e. The second-order valence-electron chi connectivity index (χ2n) is 3.63. The van der Waals surface area contributed by atoms with E-state index in [1.165, 1.54) is 13.0 Å². The Morgan fingerprint density at radius 2 is 2.27 bits per heavy atom. The summed E-state index contributed by atoms with van der Waals surface area (Å²) in [5.74, 6) is 0.806. The lowest BCUT2D eigenvalue weighted by atomic mass is 9.92. The van der Waals surface area contributed by atoms with E-state index in [1.807, 2.05) is 0 Å². The van der Waals surface area contributed by atoms with Gasteiger partial charge in [-0.15, -0.1) is 0 Å². The van der Waals surface area contributed by atoms with Gasteiger partial charge in [0.05, 0.1) is 6.61 Å². The Kier molecular flexibility index (Phi) is 3.34. The maximum Gasteiger partial charge on any atom is 0.0589 e. The van der Waals surface area contributed by atoms with Crippen LogP contribution in [0.2, 0.25) is 0 Å². The average molecular weight is 157 g/mol. The Hall–Kier alpha value is -0.0800. The lowest BCUT2D eigenvalue weighted by molar-refractivity contribution is 0.0307. The third-order valence-corrected chi connectivity index (χ3v) is 2.53. The molecule has 0 bridgehead atoms. The summed E-state index contributed by atoms with van der Waals surface area (Å²) in [4.78, 5) is 2.51. The fourth-order valence-electron chi connectivity index (χ4n) is 1.70. The first kappa shape index (κ1) is 9.01. The second-order valence-corrected chi connectivity index (χ2v) is 3.63. The van der Waals surface area contributed by atoms with Crippen LogP contribution >= 0.6 is 0 Å². The summed E-state index contributed by atoms with van der Waals surface area (Å²) in [6.07, 6.45) is 1.38. The molecule has 0 aromatic carbocycles. The monoisotopic (exact) mass is 157 g/mol. The van der Waals surface area contributed by atoms with Crippen LogP contribution in [0.1, 0.15) is 20.3 Å². The minimum Gasteiger partial charge on any atom is -0.383 e. The molecule has 0 radical (unpaired) electrons. The number of hydrogen-bond acceptors (Lipinski definition) is 2. The van der Waals surface area contributed by atoms with E-state index in [0.29, 0.717) is 0 Å². The fourth-order valence-corrected chi connectivity index (χ4v) is 1.70. The molecular formula is C9H19NO. The fraction of sp³-hybridized carbons (Fsp3) is 1.00. The number of methoxy groups -OCH3 is 1. The van der Waals surface area contributed by atoms with Crippen molar-refractivity contribution in [1.82, 2.24) is 4.90 Å². The molecule has 66 valence electrons. The van der Waals surface area contributed by atoms with Gasteiger partial charge in [0, 0.05) is 26.2 Å². The van der Waals surface area contributed by atoms with E-state index in [2.05, 4.69) is 18.7 Å². The summed E-state index contributed by atoms with van der Waals surface area (Å²) in [7, 11) is 1.77. The standard InChI is InChI=1S/C9H19NO/c1-8(2)9-4-5-10(9)6-7-11-3/h8-9H,4-7H2,1-3H3. The zero-order valence-electron chi connectivity index (χ0n) is 7.84. The zero-order chi connectivity index (χ0) is 8.27. The normalized spacial score (nSPS) is 25.6. The number of ether oxygens (including phenoxy) is 1. The van der Waals surface area contributed by atoms with Crippen LogP contribution in [0.25, 0.3) is 0 Å². The van der Waals surface area contributed by atoms with Crippen molar-refractivity contribution in [1.29, 1.82) is 0 Å². The molecule has 0 spiro atoms. The van der Waals surface area contributed by atoms with Crippen molar-refractivity contribution >= 4 is 0 Å². The molecule has 0 N–H and O–H groups in total. The molecule has 1 atom stereocenters. The third-order valence-electron chi connectivity index (χ3n) is 2.53. The highest BCUT2D eigenvalue weighted by Crippen LogP contribution is 2.23. The quantitative estimate of drug-likeness (QED) is 0.611. The highest BCUT2D eigenvalue weighted by molar-refractivity contribution is 4.84. The largest absolute Gasteiger partial charge is 0.383 e. The van der Waals surface area contributed by atoms with Gasteiger partial charge in [-0.2, -0.15) is 0 Å². The Labute approximate surface area is 69.5 Å². The molecule has 1 saturated heterocycles. The molecule has 11 heavy (non-hydrogen) atoms. The Bertz CT molecular complexity index is 114. The van der Waals surface area contributed by atoms with E-state index in [1.54, 1.807) is 7.11 Å². The van der Waals surface area contributed by atoms with Gasteiger partial charge in [0.15, 0.2) is 0 Å². The number of hydrogen-bond donors (Lipinski definition) is 0. The third kappa shape index (κ3) is 2.17. The van der Waals surface area contributed by atoms with Crippen LogP contribution in [-0.2, 0) is 4.74 Å². The minimum absolute atomic E-state index is 0.806. The number of likely N-dealkylation sites (tertiary alicyclic amines) is 1. The van der Waals surface area contributed by atoms with E-state index in [0.717, 1.165) is 25.1 Å². The Morgan fingerprint density at radius 3 is 2.64 bits per heavy atom. The van der Waals surface area contributed by atoms with Gasteiger partial charge in [0.1, 0.15) is 0 Å². The maximum atomic E-state index is 5.03. The lowest BCUT2D eigenvalue weighted by Gasteiger charge is -2.43. The molecule has 0 amide bonds. The molecule has 1 rings (SSSR count). The van der Waals surface area contributed by atoms with E-state index in [9.17, 15) is 0 Å². The van der Waals surface area contributed by atoms with E-state index in [4.69, 9.17) is 4.74 Å². The van der Waals surface area contributed by atoms with Gasteiger partial charge < -0.3 is 4.74 Å². The first-order valence-corrected chi connectivity index (χ1v) is 4.48. The summed E-state index contributed by atoms with van der Waals surface area (Å²) < 4.78 is 5.03. The van der Waals surface area contributed by atoms with Crippen molar-refractivity contribution in [2.24, 2.45) is 5.92 Å². The van der Waals surface area contributed by atoms with E-state index < -0.39 is 0 Å². The predicted molar refractivity (Wildman–Crippen MR) is 46.7 cm³/mol. The lowest BCUT2D eigenvalue weighted by Crippen LogP contribution is -2.51. The summed E-state index contributed by atoms with van der Waals surface area (Å²) in [5.41, 5.74) is 0. The first-order chi connectivity index (χ1) is 5.25.